The highest BCUT2D eigenvalue weighted by molar-refractivity contribution is 5.91. The van der Waals surface area contributed by atoms with E-state index >= 15 is 0 Å². The first-order valence-corrected chi connectivity index (χ1v) is 4.80. The summed E-state index contributed by atoms with van der Waals surface area (Å²) in [6.07, 6.45) is 3.69. The normalized spacial score (nSPS) is 10.2. The molecule has 0 amide bonds. The van der Waals surface area contributed by atoms with Crippen LogP contribution in [0.1, 0.15) is 17.4 Å². The van der Waals surface area contributed by atoms with E-state index in [1.807, 2.05) is 0 Å². The second-order valence-electron chi connectivity index (χ2n) is 3.34. The van der Waals surface area contributed by atoms with Gasteiger partial charge < -0.3 is 0 Å². The van der Waals surface area contributed by atoms with Crippen molar-refractivity contribution >= 4 is 5.78 Å². The summed E-state index contributed by atoms with van der Waals surface area (Å²) in [6.45, 7) is 1.26. The zero-order valence-corrected chi connectivity index (χ0v) is 8.92. The zero-order valence-electron chi connectivity index (χ0n) is 8.92. The third-order valence-electron chi connectivity index (χ3n) is 2.13. The van der Waals surface area contributed by atoms with Crippen LogP contribution in [0.25, 0.3) is 5.82 Å². The molecule has 2 rings (SSSR count). The standard InChI is InChI=1S/C11H8FN3O2/c1-7(16)10-11(17)15(5-4-13-10)9-3-2-8(12)6-14-9/h2-6H,1H3. The Balaban J connectivity index is 2.61. The molecule has 0 fully saturated rings. The number of pyridine rings is 1. The topological polar surface area (TPSA) is 64.8 Å². The van der Waals surface area contributed by atoms with Gasteiger partial charge in [-0.15, -0.1) is 0 Å². The quantitative estimate of drug-likeness (QED) is 0.725. The molecule has 0 spiro atoms. The number of carbonyl (C=O) groups is 1. The number of rotatable bonds is 2. The molecule has 0 unspecified atom stereocenters. The van der Waals surface area contributed by atoms with Crippen molar-refractivity contribution in [1.82, 2.24) is 14.5 Å². The Bertz CT molecular complexity index is 619. The predicted octanol–water partition coefficient (Wildman–Crippen LogP) is 0.969. The van der Waals surface area contributed by atoms with Gasteiger partial charge in [-0.1, -0.05) is 0 Å². The third-order valence-corrected chi connectivity index (χ3v) is 2.13. The number of aromatic nitrogens is 3. The lowest BCUT2D eigenvalue weighted by Gasteiger charge is -2.04. The molecule has 6 heteroatoms. The molecular weight excluding hydrogens is 225 g/mol. The maximum absolute atomic E-state index is 12.7. The largest absolute Gasteiger partial charge is 0.293 e. The third kappa shape index (κ3) is 2.10. The maximum atomic E-state index is 12.7. The van der Waals surface area contributed by atoms with Gasteiger partial charge in [0.05, 0.1) is 6.20 Å². The number of hydrogen-bond donors (Lipinski definition) is 0. The molecule has 0 aliphatic heterocycles. The fourth-order valence-corrected chi connectivity index (χ4v) is 1.34. The van der Waals surface area contributed by atoms with E-state index in [0.29, 0.717) is 0 Å². The Kier molecular flexibility index (Phi) is 2.78. The summed E-state index contributed by atoms with van der Waals surface area (Å²) < 4.78 is 13.8. The molecule has 0 bridgehead atoms. The predicted molar refractivity (Wildman–Crippen MR) is 57.6 cm³/mol. The van der Waals surface area contributed by atoms with Crippen molar-refractivity contribution < 1.29 is 9.18 Å². The lowest BCUT2D eigenvalue weighted by molar-refractivity contribution is 0.101. The monoisotopic (exact) mass is 233 g/mol. The van der Waals surface area contributed by atoms with E-state index in [1.54, 1.807) is 0 Å². The fourth-order valence-electron chi connectivity index (χ4n) is 1.34. The lowest BCUT2D eigenvalue weighted by atomic mass is 10.3. The zero-order chi connectivity index (χ0) is 12.4. The summed E-state index contributed by atoms with van der Waals surface area (Å²) in [4.78, 5) is 30.4. The van der Waals surface area contributed by atoms with Gasteiger partial charge in [-0.2, -0.15) is 0 Å². The van der Waals surface area contributed by atoms with E-state index in [0.717, 1.165) is 10.8 Å². The molecule has 2 aromatic heterocycles. The van der Waals surface area contributed by atoms with Gasteiger partial charge in [0.15, 0.2) is 11.5 Å². The highest BCUT2D eigenvalue weighted by atomic mass is 19.1. The van der Waals surface area contributed by atoms with Crippen LogP contribution < -0.4 is 5.56 Å². The van der Waals surface area contributed by atoms with E-state index in [-0.39, 0.29) is 11.5 Å². The molecule has 5 nitrogen and oxygen atoms in total. The molecule has 0 radical (unpaired) electrons. The van der Waals surface area contributed by atoms with Crippen molar-refractivity contribution in [1.29, 1.82) is 0 Å². The van der Waals surface area contributed by atoms with Crippen LogP contribution in [-0.4, -0.2) is 20.3 Å². The molecule has 0 aliphatic rings. The molecule has 0 atom stereocenters. The summed E-state index contributed by atoms with van der Waals surface area (Å²) in [5, 5.41) is 0. The summed E-state index contributed by atoms with van der Waals surface area (Å²) in [5.41, 5.74) is -0.738. The summed E-state index contributed by atoms with van der Waals surface area (Å²) in [5.74, 6) is -0.685. The van der Waals surface area contributed by atoms with Gasteiger partial charge in [0, 0.05) is 19.3 Å². The Hall–Kier alpha value is -2.37. The molecule has 2 heterocycles. The van der Waals surface area contributed by atoms with Crippen molar-refractivity contribution in [3.63, 3.8) is 0 Å². The van der Waals surface area contributed by atoms with Gasteiger partial charge in [0.1, 0.15) is 11.6 Å². The molecule has 0 aliphatic carbocycles. The average molecular weight is 233 g/mol. The smallest absolute Gasteiger partial charge is 0.285 e. The minimum Gasteiger partial charge on any atom is -0.293 e. The van der Waals surface area contributed by atoms with Gasteiger partial charge >= 0.3 is 0 Å². The van der Waals surface area contributed by atoms with Crippen LogP contribution in [-0.2, 0) is 0 Å². The molecule has 0 aromatic carbocycles. The highest BCUT2D eigenvalue weighted by Gasteiger charge is 2.10. The molecule has 86 valence electrons. The van der Waals surface area contributed by atoms with Crippen molar-refractivity contribution in [2.75, 3.05) is 0 Å². The summed E-state index contributed by atoms with van der Waals surface area (Å²) in [7, 11) is 0. The van der Waals surface area contributed by atoms with Crippen molar-refractivity contribution in [3.05, 3.63) is 52.6 Å². The van der Waals surface area contributed by atoms with Gasteiger partial charge in [0.25, 0.3) is 5.56 Å². The summed E-state index contributed by atoms with van der Waals surface area (Å²) >= 11 is 0. The van der Waals surface area contributed by atoms with E-state index in [4.69, 9.17) is 0 Å². The van der Waals surface area contributed by atoms with Gasteiger partial charge in [-0.3, -0.25) is 14.2 Å². The number of halogens is 1. The average Bonchev–Trinajstić information content (AvgIpc) is 2.30. The Morgan fingerprint density at radius 1 is 1.35 bits per heavy atom. The minimum atomic E-state index is -0.570. The Morgan fingerprint density at radius 2 is 2.12 bits per heavy atom. The molecular formula is C11H8FN3O2. The van der Waals surface area contributed by atoms with Crippen LogP contribution in [0, 0.1) is 5.82 Å². The molecule has 0 saturated carbocycles. The van der Waals surface area contributed by atoms with Gasteiger partial charge in [0.2, 0.25) is 0 Å². The van der Waals surface area contributed by atoms with E-state index < -0.39 is 17.2 Å². The van der Waals surface area contributed by atoms with Crippen LogP contribution in [0.5, 0.6) is 0 Å². The molecule has 17 heavy (non-hydrogen) atoms. The highest BCUT2D eigenvalue weighted by Crippen LogP contribution is 2.02. The van der Waals surface area contributed by atoms with Crippen LogP contribution >= 0.6 is 0 Å². The molecule has 0 saturated heterocycles. The number of nitrogens with zero attached hydrogens (tertiary/aromatic N) is 3. The number of ketones is 1. The van der Waals surface area contributed by atoms with Crippen molar-refractivity contribution in [2.24, 2.45) is 0 Å². The maximum Gasteiger partial charge on any atom is 0.285 e. The Morgan fingerprint density at radius 3 is 2.71 bits per heavy atom. The van der Waals surface area contributed by atoms with E-state index in [1.165, 1.54) is 31.5 Å². The minimum absolute atomic E-state index is 0.168. The van der Waals surface area contributed by atoms with Gasteiger partial charge in [-0.25, -0.2) is 14.4 Å². The first kappa shape index (κ1) is 11.1. The summed E-state index contributed by atoms with van der Waals surface area (Å²) in [6, 6.07) is 2.53. The second-order valence-corrected chi connectivity index (χ2v) is 3.34. The number of carbonyl (C=O) groups excluding carboxylic acids is 1. The van der Waals surface area contributed by atoms with Crippen LogP contribution in [0.3, 0.4) is 0 Å². The van der Waals surface area contributed by atoms with Gasteiger partial charge in [-0.05, 0) is 12.1 Å². The first-order chi connectivity index (χ1) is 8.09. The molecule has 2 aromatic rings. The fraction of sp³-hybridized carbons (Fsp3) is 0.0909. The van der Waals surface area contributed by atoms with E-state index in [9.17, 15) is 14.0 Å². The van der Waals surface area contributed by atoms with Crippen molar-refractivity contribution in [3.8, 4) is 5.82 Å². The van der Waals surface area contributed by atoms with Crippen LogP contribution in [0.15, 0.2) is 35.5 Å². The number of hydrogen-bond acceptors (Lipinski definition) is 4. The first-order valence-electron chi connectivity index (χ1n) is 4.80. The van der Waals surface area contributed by atoms with E-state index in [2.05, 4.69) is 9.97 Å². The SMILES string of the molecule is CC(=O)c1nccn(-c2ccc(F)cn2)c1=O. The van der Waals surface area contributed by atoms with Crippen molar-refractivity contribution in [2.45, 2.75) is 6.92 Å². The molecule has 0 N–H and O–H groups in total. The number of Topliss-reactive ketones (excluding diaryl/α,β-unsaturated/α-hetero) is 1. The lowest BCUT2D eigenvalue weighted by Crippen LogP contribution is -2.25. The second kappa shape index (κ2) is 4.25. The van der Waals surface area contributed by atoms with Crippen LogP contribution in [0.4, 0.5) is 4.39 Å². The Labute approximate surface area is 95.6 Å². The van der Waals surface area contributed by atoms with Crippen LogP contribution in [0.2, 0.25) is 0 Å².